The summed E-state index contributed by atoms with van der Waals surface area (Å²) in [6.45, 7) is 0. The summed E-state index contributed by atoms with van der Waals surface area (Å²) >= 11 is 0. The zero-order valence-electron chi connectivity index (χ0n) is 19.6. The maximum absolute atomic E-state index is 14.0. The van der Waals surface area contributed by atoms with Gasteiger partial charge in [-0.05, 0) is 16.8 Å². The van der Waals surface area contributed by atoms with Crippen LogP contribution >= 0.6 is 0 Å². The molecule has 0 atom stereocenters. The average Bonchev–Trinajstić information content (AvgIpc) is 2.86. The van der Waals surface area contributed by atoms with Gasteiger partial charge >= 0.3 is 53.6 Å². The molecule has 0 fully saturated rings. The maximum Gasteiger partial charge on any atom is 0.460 e. The van der Waals surface area contributed by atoms with Crippen molar-refractivity contribution in [3.63, 3.8) is 0 Å². The Morgan fingerprint density at radius 1 is 0.488 bits per heavy atom. The molecule has 0 unspecified atom stereocenters. The Kier molecular flexibility index (Phi) is 8.46. The van der Waals surface area contributed by atoms with Crippen LogP contribution in [0.15, 0.2) is 54.4 Å². The van der Waals surface area contributed by atoms with Gasteiger partial charge in [0.2, 0.25) is 0 Å². The zero-order valence-corrected chi connectivity index (χ0v) is 19.6. The van der Waals surface area contributed by atoms with Crippen molar-refractivity contribution in [2.45, 2.75) is 53.6 Å². The molecule has 21 heteroatoms. The number of carbonyl (C=O) groups is 1. The Morgan fingerprint density at radius 3 is 1.28 bits per heavy atom. The van der Waals surface area contributed by atoms with Gasteiger partial charge in [-0.15, -0.1) is 0 Å². The van der Waals surface area contributed by atoms with Crippen LogP contribution in [-0.2, 0) is 0 Å². The fraction of sp³-hybridized carbons (Fsp3) is 0.409. The van der Waals surface area contributed by atoms with Gasteiger partial charge in [0.25, 0.3) is 0 Å². The van der Waals surface area contributed by atoms with Crippen molar-refractivity contribution in [3.05, 3.63) is 59.9 Å². The quantitative estimate of drug-likeness (QED) is 0.140. The van der Waals surface area contributed by atoms with E-state index in [1.165, 1.54) is 24.3 Å². The van der Waals surface area contributed by atoms with Gasteiger partial charge in [0.1, 0.15) is 0 Å². The summed E-state index contributed by atoms with van der Waals surface area (Å²) in [6.07, 6.45) is -9.24. The summed E-state index contributed by atoms with van der Waals surface area (Å²) < 4.78 is 268. The highest BCUT2D eigenvalue weighted by Gasteiger charge is 2.96. The van der Waals surface area contributed by atoms with E-state index in [1.54, 1.807) is 0 Å². The number of hydrogen-bond donors (Lipinski definition) is 0. The molecule has 0 amide bonds. The molecule has 0 spiro atoms. The van der Waals surface area contributed by atoms with E-state index < -0.39 is 76.8 Å². The molecule has 1 nitrogen and oxygen atoms in total. The molecule has 0 saturated heterocycles. The molecule has 0 heterocycles. The normalized spacial score (nSPS) is 15.7. The Balaban J connectivity index is 2.60. The van der Waals surface area contributed by atoms with Crippen LogP contribution in [0.4, 0.5) is 87.8 Å². The van der Waals surface area contributed by atoms with Crippen LogP contribution in [0.1, 0.15) is 10.4 Å². The summed E-state index contributed by atoms with van der Waals surface area (Å²) in [7, 11) is 0. The first-order chi connectivity index (χ1) is 18.9. The van der Waals surface area contributed by atoms with E-state index in [9.17, 15) is 92.6 Å². The maximum atomic E-state index is 14.0. The Bertz CT molecular complexity index is 1400. The van der Waals surface area contributed by atoms with E-state index in [-0.39, 0.29) is 5.39 Å². The van der Waals surface area contributed by atoms with Crippen molar-refractivity contribution in [2.75, 3.05) is 0 Å². The van der Waals surface area contributed by atoms with E-state index in [1.807, 2.05) is 0 Å². The van der Waals surface area contributed by atoms with Crippen LogP contribution in [0.2, 0.25) is 0 Å². The van der Waals surface area contributed by atoms with E-state index in [2.05, 4.69) is 0 Å². The van der Waals surface area contributed by atoms with Crippen molar-refractivity contribution in [2.24, 2.45) is 0 Å². The molecule has 2 aromatic rings. The van der Waals surface area contributed by atoms with Gasteiger partial charge in [-0.2, -0.15) is 83.4 Å². The Morgan fingerprint density at radius 2 is 0.860 bits per heavy atom. The lowest BCUT2D eigenvalue weighted by Gasteiger charge is -2.43. The molecule has 0 N–H and O–H groups in total. The topological polar surface area (TPSA) is 17.1 Å². The molecule has 0 aliphatic heterocycles. The second kappa shape index (κ2) is 10.1. The van der Waals surface area contributed by atoms with E-state index >= 15 is 0 Å². The third-order valence-corrected chi connectivity index (χ3v) is 5.71. The van der Waals surface area contributed by atoms with Crippen molar-refractivity contribution < 1.29 is 92.6 Å². The molecule has 0 saturated carbocycles. The highest BCUT2D eigenvalue weighted by Crippen LogP contribution is 2.65. The minimum absolute atomic E-state index is 0.0847. The predicted molar refractivity (Wildman–Crippen MR) is 103 cm³/mol. The van der Waals surface area contributed by atoms with Gasteiger partial charge < -0.3 is 0 Å². The summed E-state index contributed by atoms with van der Waals surface area (Å²) in [6, 6.07) is 7.88. The molecule has 0 aliphatic carbocycles. The first kappa shape index (κ1) is 35.9. The largest absolute Gasteiger partial charge is 0.460 e. The summed E-state index contributed by atoms with van der Waals surface area (Å²) in [5, 5.41) is 0.403. The number of hydrogen-bond acceptors (Lipinski definition) is 1. The van der Waals surface area contributed by atoms with Crippen LogP contribution in [0.5, 0.6) is 0 Å². The van der Waals surface area contributed by atoms with Gasteiger partial charge in [0.05, 0.1) is 0 Å². The molecule has 2 rings (SSSR count). The van der Waals surface area contributed by atoms with Crippen LogP contribution in [0.3, 0.4) is 0 Å². The van der Waals surface area contributed by atoms with Gasteiger partial charge in [-0.3, -0.25) is 4.79 Å². The third-order valence-electron chi connectivity index (χ3n) is 5.71. The summed E-state index contributed by atoms with van der Waals surface area (Å²) in [5.41, 5.74) is -0.871. The second-order valence-corrected chi connectivity index (χ2v) is 8.51. The number of halogens is 20. The third kappa shape index (κ3) is 4.95. The molecule has 2 aromatic carbocycles. The van der Waals surface area contributed by atoms with Gasteiger partial charge in [-0.1, -0.05) is 36.4 Å². The van der Waals surface area contributed by atoms with Gasteiger partial charge in [-0.25, -0.2) is 4.39 Å². The van der Waals surface area contributed by atoms with Crippen molar-refractivity contribution in [3.8, 4) is 0 Å². The molecule has 0 radical (unpaired) electrons. The van der Waals surface area contributed by atoms with E-state index in [4.69, 9.17) is 0 Å². The monoisotopic (exact) mass is 668 g/mol. The lowest BCUT2D eigenvalue weighted by atomic mass is 9.87. The number of fused-ring (bicyclic) bond motifs is 1. The molecule has 0 bridgehead atoms. The van der Waals surface area contributed by atoms with Crippen LogP contribution in [0, 0.1) is 0 Å². The van der Waals surface area contributed by atoms with E-state index in [0.717, 1.165) is 12.1 Å². The zero-order chi connectivity index (χ0) is 34.0. The molecule has 0 aromatic heterocycles. The predicted octanol–water partition coefficient (Wildman–Crippen LogP) is 9.52. The number of allylic oxidation sites excluding steroid dienone is 2. The number of ketones is 1. The van der Waals surface area contributed by atoms with E-state index in [0.29, 0.717) is 11.5 Å². The lowest BCUT2D eigenvalue weighted by Crippen LogP contribution is -2.75. The Hall–Kier alpha value is -3.29. The minimum Gasteiger partial charge on any atom is -0.289 e. The number of rotatable bonds is 10. The first-order valence-corrected chi connectivity index (χ1v) is 10.4. The van der Waals surface area contributed by atoms with Crippen molar-refractivity contribution >= 4 is 16.6 Å². The molecular weight excluding hydrogens is 660 g/mol. The number of carbonyl (C=O) groups excluding carboxylic acids is 1. The highest BCUT2D eigenvalue weighted by atomic mass is 19.4. The van der Waals surface area contributed by atoms with Gasteiger partial charge in [0.15, 0.2) is 11.6 Å². The fourth-order valence-corrected chi connectivity index (χ4v) is 3.14. The first-order valence-electron chi connectivity index (χ1n) is 10.4. The molecular formula is C22H8F20O. The number of benzene rings is 2. The smallest absolute Gasteiger partial charge is 0.289 e. The molecule has 43 heavy (non-hydrogen) atoms. The fourth-order valence-electron chi connectivity index (χ4n) is 3.14. The minimum atomic E-state index is -9.12. The number of alkyl halides is 19. The van der Waals surface area contributed by atoms with Crippen LogP contribution < -0.4 is 0 Å². The molecule has 0 aliphatic rings. The summed E-state index contributed by atoms with van der Waals surface area (Å²) in [5.74, 6) is -75.5. The second-order valence-electron chi connectivity index (χ2n) is 8.51. The van der Waals surface area contributed by atoms with Crippen LogP contribution in [-0.4, -0.2) is 59.3 Å². The lowest BCUT2D eigenvalue weighted by molar-refractivity contribution is -0.467. The van der Waals surface area contributed by atoms with Crippen molar-refractivity contribution in [1.82, 2.24) is 0 Å². The van der Waals surface area contributed by atoms with Gasteiger partial charge in [0, 0.05) is 11.6 Å². The Labute approximate surface area is 223 Å². The average molecular weight is 668 g/mol. The molecule has 242 valence electrons. The standard InChI is InChI=1S/C22H8F20O/c23-13(8-12(43)11-6-5-9-3-1-2-4-10(9)7-11)14(24,25)15(26,27)16(28,29)17(30,31)18(32,33)19(34,35)20(36,37)21(38,39)22(40,41)42/h1-8H/b13-8-. The SMILES string of the molecule is O=C(/C=C(\F)C(F)(F)C(F)(F)C(F)(F)C(F)(F)C(F)(F)C(F)(F)C(F)(F)C(F)(F)C(F)(F)F)c1ccc2ccccc2c1. The van der Waals surface area contributed by atoms with Crippen molar-refractivity contribution in [1.29, 1.82) is 0 Å². The summed E-state index contributed by atoms with van der Waals surface area (Å²) in [4.78, 5) is 12.0. The highest BCUT2D eigenvalue weighted by molar-refractivity contribution is 6.07. The van der Waals surface area contributed by atoms with Crippen LogP contribution in [0.25, 0.3) is 10.8 Å².